The maximum absolute atomic E-state index is 11.9. The maximum Gasteiger partial charge on any atom is 0.255 e. The molecule has 1 aromatic carbocycles. The van der Waals surface area contributed by atoms with Crippen LogP contribution in [0.1, 0.15) is 6.92 Å². The molecule has 0 radical (unpaired) electrons. The molecule has 0 heterocycles. The fraction of sp³-hybridized carbons (Fsp3) is 0.133. The fourth-order valence-corrected chi connectivity index (χ4v) is 1.31. The number of anilines is 1. The minimum absolute atomic E-state index is 0.187. The van der Waals surface area contributed by atoms with Crippen molar-refractivity contribution in [3.63, 3.8) is 0 Å². The van der Waals surface area contributed by atoms with E-state index in [0.29, 0.717) is 11.3 Å². The maximum atomic E-state index is 11.9. The van der Waals surface area contributed by atoms with Gasteiger partial charge in [0.2, 0.25) is 0 Å². The van der Waals surface area contributed by atoms with Gasteiger partial charge in [0, 0.05) is 11.3 Å². The predicted molar refractivity (Wildman–Crippen MR) is 74.7 cm³/mol. The van der Waals surface area contributed by atoms with Gasteiger partial charge in [-0.1, -0.05) is 24.8 Å². The molecule has 0 aromatic heterocycles. The number of allylic oxidation sites excluding steroid dienone is 3. The van der Waals surface area contributed by atoms with Gasteiger partial charge >= 0.3 is 0 Å². The van der Waals surface area contributed by atoms with Gasteiger partial charge in [-0.15, -0.1) is 0 Å². The number of rotatable bonds is 5. The number of hydrogen-bond acceptors (Lipinski definition) is 2. The summed E-state index contributed by atoms with van der Waals surface area (Å²) in [6.45, 7) is 5.51. The highest BCUT2D eigenvalue weighted by atomic mass is 16.5. The lowest BCUT2D eigenvalue weighted by molar-refractivity contribution is -0.112. The molecule has 0 fully saturated rings. The van der Waals surface area contributed by atoms with E-state index >= 15 is 0 Å². The zero-order chi connectivity index (χ0) is 13.4. The lowest BCUT2D eigenvalue weighted by atomic mass is 10.2. The second-order valence-electron chi connectivity index (χ2n) is 3.53. The van der Waals surface area contributed by atoms with Crippen molar-refractivity contribution in [1.82, 2.24) is 0 Å². The largest absolute Gasteiger partial charge is 0.497 e. The molecular weight excluding hydrogens is 226 g/mol. The first-order valence-electron chi connectivity index (χ1n) is 5.62. The van der Waals surface area contributed by atoms with Gasteiger partial charge in [-0.3, -0.25) is 4.79 Å². The normalized spacial score (nSPS) is 11.3. The van der Waals surface area contributed by atoms with E-state index in [-0.39, 0.29) is 5.91 Å². The Balaban J connectivity index is 2.76. The molecule has 0 aliphatic rings. The van der Waals surface area contributed by atoms with Gasteiger partial charge in [0.05, 0.1) is 7.11 Å². The van der Waals surface area contributed by atoms with E-state index in [1.165, 1.54) is 6.08 Å². The van der Waals surface area contributed by atoms with Gasteiger partial charge in [-0.05, 0) is 37.3 Å². The Morgan fingerprint density at radius 1 is 1.33 bits per heavy atom. The summed E-state index contributed by atoms with van der Waals surface area (Å²) in [5.41, 5.74) is 1.23. The zero-order valence-electron chi connectivity index (χ0n) is 10.6. The quantitative estimate of drug-likeness (QED) is 0.636. The number of nitrogens with one attached hydrogen (secondary N) is 1. The molecule has 0 saturated carbocycles. The van der Waals surface area contributed by atoms with Crippen LogP contribution in [-0.4, -0.2) is 13.0 Å². The zero-order valence-corrected chi connectivity index (χ0v) is 10.6. The first-order valence-corrected chi connectivity index (χ1v) is 5.62. The number of carbonyl (C=O) groups is 1. The Hall–Kier alpha value is -2.29. The molecule has 3 heteroatoms. The molecule has 0 atom stereocenters. The summed E-state index contributed by atoms with van der Waals surface area (Å²) in [6, 6.07) is 7.15. The number of carbonyl (C=O) groups excluding carboxylic acids is 1. The molecule has 1 aromatic rings. The second-order valence-corrected chi connectivity index (χ2v) is 3.53. The van der Waals surface area contributed by atoms with Gasteiger partial charge in [0.1, 0.15) is 5.75 Å². The Kier molecular flexibility index (Phi) is 5.45. The Labute approximate surface area is 107 Å². The second kappa shape index (κ2) is 7.12. The number of ether oxygens (including phenoxy) is 1. The summed E-state index contributed by atoms with van der Waals surface area (Å²) in [4.78, 5) is 11.9. The average Bonchev–Trinajstić information content (AvgIpc) is 2.40. The number of amides is 1. The molecular formula is C15H17NO2. The van der Waals surface area contributed by atoms with E-state index < -0.39 is 0 Å². The molecule has 1 amide bonds. The Morgan fingerprint density at radius 3 is 2.50 bits per heavy atom. The van der Waals surface area contributed by atoms with Crippen LogP contribution in [0.15, 0.2) is 60.7 Å². The van der Waals surface area contributed by atoms with E-state index in [2.05, 4.69) is 11.9 Å². The van der Waals surface area contributed by atoms with Crippen molar-refractivity contribution in [2.45, 2.75) is 6.92 Å². The molecule has 0 unspecified atom stereocenters. The Morgan fingerprint density at radius 2 is 2.00 bits per heavy atom. The molecule has 3 nitrogen and oxygen atoms in total. The van der Waals surface area contributed by atoms with E-state index in [4.69, 9.17) is 4.74 Å². The highest BCUT2D eigenvalue weighted by molar-refractivity contribution is 6.05. The monoisotopic (exact) mass is 243 g/mol. The smallest absolute Gasteiger partial charge is 0.255 e. The molecule has 18 heavy (non-hydrogen) atoms. The molecule has 0 spiro atoms. The number of hydrogen-bond donors (Lipinski definition) is 1. The van der Waals surface area contributed by atoms with Crippen LogP contribution >= 0.6 is 0 Å². The standard InChI is InChI=1S/C15H17NO2/c1-4-6-7-12(5-2)15(17)16-13-8-10-14(18-3)11-9-13/h4-11H,2H2,1,3H3,(H,16,17)/b6-4-,12-7+. The summed E-state index contributed by atoms with van der Waals surface area (Å²) in [6.07, 6.45) is 6.89. The van der Waals surface area contributed by atoms with Crippen LogP contribution in [0.4, 0.5) is 5.69 Å². The van der Waals surface area contributed by atoms with Crippen molar-refractivity contribution in [2.75, 3.05) is 12.4 Å². The van der Waals surface area contributed by atoms with Crippen molar-refractivity contribution < 1.29 is 9.53 Å². The number of methoxy groups -OCH3 is 1. The van der Waals surface area contributed by atoms with Crippen molar-refractivity contribution in [3.8, 4) is 5.75 Å². The summed E-state index contributed by atoms with van der Waals surface area (Å²) in [5.74, 6) is 0.565. The van der Waals surface area contributed by atoms with E-state index in [1.807, 2.05) is 13.0 Å². The summed E-state index contributed by atoms with van der Waals surface area (Å²) in [7, 11) is 1.60. The van der Waals surface area contributed by atoms with Crippen LogP contribution < -0.4 is 10.1 Å². The van der Waals surface area contributed by atoms with Gasteiger partial charge in [-0.25, -0.2) is 0 Å². The summed E-state index contributed by atoms with van der Waals surface area (Å²) in [5, 5.41) is 2.79. The first kappa shape index (κ1) is 13.8. The van der Waals surface area contributed by atoms with Crippen molar-refractivity contribution in [3.05, 3.63) is 60.7 Å². The van der Waals surface area contributed by atoms with E-state index in [0.717, 1.165) is 5.75 Å². The first-order chi connectivity index (χ1) is 8.71. The van der Waals surface area contributed by atoms with Crippen LogP contribution in [0.5, 0.6) is 5.75 Å². The van der Waals surface area contributed by atoms with Crippen LogP contribution in [0, 0.1) is 0 Å². The summed E-state index contributed by atoms with van der Waals surface area (Å²) >= 11 is 0. The van der Waals surface area contributed by atoms with Crippen LogP contribution in [0.2, 0.25) is 0 Å². The Bertz CT molecular complexity index is 470. The highest BCUT2D eigenvalue weighted by Crippen LogP contribution is 2.15. The van der Waals surface area contributed by atoms with Crippen LogP contribution in [0.25, 0.3) is 0 Å². The van der Waals surface area contributed by atoms with Crippen molar-refractivity contribution in [2.24, 2.45) is 0 Å². The van der Waals surface area contributed by atoms with Crippen LogP contribution in [0.3, 0.4) is 0 Å². The third-order valence-corrected chi connectivity index (χ3v) is 2.30. The van der Waals surface area contributed by atoms with Gasteiger partial charge in [-0.2, -0.15) is 0 Å². The molecule has 0 bridgehead atoms. The van der Waals surface area contributed by atoms with Crippen LogP contribution in [-0.2, 0) is 4.79 Å². The average molecular weight is 243 g/mol. The van der Waals surface area contributed by atoms with E-state index in [9.17, 15) is 4.79 Å². The van der Waals surface area contributed by atoms with E-state index in [1.54, 1.807) is 43.5 Å². The predicted octanol–water partition coefficient (Wildman–Crippen LogP) is 3.32. The summed E-state index contributed by atoms with van der Waals surface area (Å²) < 4.78 is 5.05. The lowest BCUT2D eigenvalue weighted by Crippen LogP contribution is -2.12. The molecule has 94 valence electrons. The van der Waals surface area contributed by atoms with Gasteiger partial charge in [0.25, 0.3) is 5.91 Å². The lowest BCUT2D eigenvalue weighted by Gasteiger charge is -2.06. The molecule has 1 rings (SSSR count). The van der Waals surface area contributed by atoms with Crippen molar-refractivity contribution in [1.29, 1.82) is 0 Å². The van der Waals surface area contributed by atoms with Gasteiger partial charge < -0.3 is 10.1 Å². The fourth-order valence-electron chi connectivity index (χ4n) is 1.31. The molecule has 0 aliphatic heterocycles. The van der Waals surface area contributed by atoms with Crippen molar-refractivity contribution >= 4 is 11.6 Å². The SMILES string of the molecule is C=C/C(=C\C=C/C)C(=O)Nc1ccc(OC)cc1. The number of benzene rings is 1. The van der Waals surface area contributed by atoms with Gasteiger partial charge in [0.15, 0.2) is 0 Å². The molecule has 1 N–H and O–H groups in total. The third-order valence-electron chi connectivity index (χ3n) is 2.30. The third kappa shape index (κ3) is 3.94. The topological polar surface area (TPSA) is 38.3 Å². The minimum Gasteiger partial charge on any atom is -0.497 e. The molecule has 0 saturated heterocycles. The molecule has 0 aliphatic carbocycles. The minimum atomic E-state index is -0.187. The highest BCUT2D eigenvalue weighted by Gasteiger charge is 2.05.